The van der Waals surface area contributed by atoms with Crippen LogP contribution in [0.25, 0.3) is 0 Å². The van der Waals surface area contributed by atoms with Gasteiger partial charge >= 0.3 is 0 Å². The molecule has 66 valence electrons. The van der Waals surface area contributed by atoms with Crippen molar-refractivity contribution in [2.24, 2.45) is 0 Å². The van der Waals surface area contributed by atoms with Crippen LogP contribution in [-0.2, 0) is 4.79 Å². The Balaban J connectivity index is 2.33. The molecule has 0 N–H and O–H groups in total. The molecule has 1 rings (SSSR count). The SMILES string of the molecule is CN1CCCCC1CC#CC=O. The molecular formula is C10H15NO. The number of piperidine rings is 1. The molecule has 1 aliphatic heterocycles. The molecule has 0 amide bonds. The van der Waals surface area contributed by atoms with E-state index in [4.69, 9.17) is 0 Å². The van der Waals surface area contributed by atoms with Crippen LogP contribution >= 0.6 is 0 Å². The molecule has 0 spiro atoms. The van der Waals surface area contributed by atoms with Crippen molar-refractivity contribution in [3.63, 3.8) is 0 Å². The van der Waals surface area contributed by atoms with E-state index >= 15 is 0 Å². The smallest absolute Gasteiger partial charge is 0.192 e. The van der Waals surface area contributed by atoms with Gasteiger partial charge in [-0.15, -0.1) is 0 Å². The molecule has 2 nitrogen and oxygen atoms in total. The summed E-state index contributed by atoms with van der Waals surface area (Å²) in [6.07, 6.45) is 5.34. The monoisotopic (exact) mass is 165 g/mol. The van der Waals surface area contributed by atoms with E-state index in [-0.39, 0.29) is 0 Å². The Morgan fingerprint density at radius 2 is 2.42 bits per heavy atom. The molecule has 0 bridgehead atoms. The van der Waals surface area contributed by atoms with Crippen molar-refractivity contribution < 1.29 is 4.79 Å². The highest BCUT2D eigenvalue weighted by Gasteiger charge is 2.16. The zero-order valence-corrected chi connectivity index (χ0v) is 7.55. The van der Waals surface area contributed by atoms with Gasteiger partial charge < -0.3 is 4.90 Å². The molecule has 0 radical (unpaired) electrons. The van der Waals surface area contributed by atoms with Crippen LogP contribution in [0.2, 0.25) is 0 Å². The van der Waals surface area contributed by atoms with E-state index in [2.05, 4.69) is 23.8 Å². The van der Waals surface area contributed by atoms with Crippen LogP contribution in [0.15, 0.2) is 0 Å². The summed E-state index contributed by atoms with van der Waals surface area (Å²) in [6, 6.07) is 0.575. The summed E-state index contributed by atoms with van der Waals surface area (Å²) in [7, 11) is 2.13. The van der Waals surface area contributed by atoms with E-state index in [0.29, 0.717) is 12.3 Å². The summed E-state index contributed by atoms with van der Waals surface area (Å²) < 4.78 is 0. The molecule has 1 atom stereocenters. The van der Waals surface area contributed by atoms with Crippen LogP contribution in [0.3, 0.4) is 0 Å². The molecule has 1 heterocycles. The van der Waals surface area contributed by atoms with Crippen molar-refractivity contribution in [2.75, 3.05) is 13.6 Å². The highest BCUT2D eigenvalue weighted by atomic mass is 16.1. The molecule has 1 aliphatic rings. The maximum Gasteiger partial charge on any atom is 0.192 e. The molecule has 1 unspecified atom stereocenters. The number of aldehydes is 1. The van der Waals surface area contributed by atoms with Crippen molar-refractivity contribution in [1.29, 1.82) is 0 Å². The first kappa shape index (κ1) is 9.28. The van der Waals surface area contributed by atoms with E-state index in [1.165, 1.54) is 25.8 Å². The quantitative estimate of drug-likeness (QED) is 0.428. The third-order valence-electron chi connectivity index (χ3n) is 2.42. The third kappa shape index (κ3) is 2.67. The van der Waals surface area contributed by atoms with Crippen LogP contribution in [0, 0.1) is 11.8 Å². The summed E-state index contributed by atoms with van der Waals surface area (Å²) in [4.78, 5) is 12.3. The number of likely N-dealkylation sites (tertiary alicyclic amines) is 1. The van der Waals surface area contributed by atoms with E-state index < -0.39 is 0 Å². The first-order valence-corrected chi connectivity index (χ1v) is 4.47. The maximum absolute atomic E-state index is 9.94. The van der Waals surface area contributed by atoms with Crippen molar-refractivity contribution in [2.45, 2.75) is 31.7 Å². The van der Waals surface area contributed by atoms with Crippen LogP contribution in [0.5, 0.6) is 0 Å². The maximum atomic E-state index is 9.94. The average Bonchev–Trinajstić information content (AvgIpc) is 2.09. The summed E-state index contributed by atoms with van der Waals surface area (Å²) in [5.74, 6) is 5.33. The Labute approximate surface area is 73.9 Å². The molecule has 0 aliphatic carbocycles. The van der Waals surface area contributed by atoms with Crippen LogP contribution < -0.4 is 0 Å². The van der Waals surface area contributed by atoms with E-state index in [9.17, 15) is 4.79 Å². The fourth-order valence-corrected chi connectivity index (χ4v) is 1.62. The van der Waals surface area contributed by atoms with Gasteiger partial charge in [0.2, 0.25) is 0 Å². The lowest BCUT2D eigenvalue weighted by Crippen LogP contribution is -2.35. The Hall–Kier alpha value is -0.810. The Bertz CT molecular complexity index is 202. The predicted octanol–water partition coefficient (Wildman–Crippen LogP) is 1.06. The van der Waals surface area contributed by atoms with Gasteiger partial charge in [0.25, 0.3) is 0 Å². The molecule has 12 heavy (non-hydrogen) atoms. The second-order valence-electron chi connectivity index (χ2n) is 3.27. The van der Waals surface area contributed by atoms with Crippen molar-refractivity contribution in [3.05, 3.63) is 0 Å². The van der Waals surface area contributed by atoms with Gasteiger partial charge in [0.1, 0.15) is 0 Å². The van der Waals surface area contributed by atoms with E-state index in [1.807, 2.05) is 0 Å². The molecule has 0 aromatic rings. The summed E-state index contributed by atoms with van der Waals surface area (Å²) in [5.41, 5.74) is 0. The highest BCUT2D eigenvalue weighted by molar-refractivity contribution is 5.72. The summed E-state index contributed by atoms with van der Waals surface area (Å²) in [5, 5.41) is 0. The fourth-order valence-electron chi connectivity index (χ4n) is 1.62. The number of carbonyl (C=O) groups excluding carboxylic acids is 1. The topological polar surface area (TPSA) is 20.3 Å². The van der Waals surface area contributed by atoms with Gasteiger partial charge in [0, 0.05) is 12.5 Å². The predicted molar refractivity (Wildman–Crippen MR) is 48.7 cm³/mol. The second kappa shape index (κ2) is 4.95. The van der Waals surface area contributed by atoms with Gasteiger partial charge in [-0.25, -0.2) is 0 Å². The van der Waals surface area contributed by atoms with Crippen molar-refractivity contribution in [1.82, 2.24) is 4.90 Å². The Morgan fingerprint density at radius 3 is 3.08 bits per heavy atom. The fraction of sp³-hybridized carbons (Fsp3) is 0.700. The lowest BCUT2D eigenvalue weighted by Gasteiger charge is -2.30. The number of hydrogen-bond donors (Lipinski definition) is 0. The number of rotatable bonds is 1. The van der Waals surface area contributed by atoms with Crippen LogP contribution in [0.1, 0.15) is 25.7 Å². The number of nitrogens with zero attached hydrogens (tertiary/aromatic N) is 1. The minimum absolute atomic E-state index is 0.575. The molecule has 1 fully saturated rings. The number of hydrogen-bond acceptors (Lipinski definition) is 2. The van der Waals surface area contributed by atoms with Crippen molar-refractivity contribution >= 4 is 6.29 Å². The van der Waals surface area contributed by atoms with Crippen molar-refractivity contribution in [3.8, 4) is 11.8 Å². The molecule has 0 aromatic carbocycles. The zero-order valence-electron chi connectivity index (χ0n) is 7.55. The normalized spacial score (nSPS) is 24.2. The van der Waals surface area contributed by atoms with Gasteiger partial charge in [0.15, 0.2) is 6.29 Å². The Kier molecular flexibility index (Phi) is 3.83. The van der Waals surface area contributed by atoms with E-state index in [0.717, 1.165) is 6.42 Å². The molecule has 0 saturated carbocycles. The first-order valence-electron chi connectivity index (χ1n) is 4.47. The van der Waals surface area contributed by atoms with Gasteiger partial charge in [-0.3, -0.25) is 4.79 Å². The molecule has 1 saturated heterocycles. The van der Waals surface area contributed by atoms with Crippen LogP contribution in [-0.4, -0.2) is 30.8 Å². The lowest BCUT2D eigenvalue weighted by molar-refractivity contribution is -0.103. The first-order chi connectivity index (χ1) is 5.84. The Morgan fingerprint density at radius 1 is 1.58 bits per heavy atom. The summed E-state index contributed by atoms with van der Waals surface area (Å²) >= 11 is 0. The van der Waals surface area contributed by atoms with Gasteiger partial charge in [-0.2, -0.15) is 0 Å². The number of carbonyl (C=O) groups is 1. The zero-order chi connectivity index (χ0) is 8.81. The molecular weight excluding hydrogens is 150 g/mol. The van der Waals surface area contributed by atoms with Gasteiger partial charge in [-0.1, -0.05) is 12.3 Å². The standard InChI is InChI=1S/C10H15NO/c1-11-8-4-2-6-10(11)7-3-5-9-12/h9-10H,2,4,6-8H2,1H3. The van der Waals surface area contributed by atoms with Gasteiger partial charge in [-0.05, 0) is 32.4 Å². The van der Waals surface area contributed by atoms with Crippen LogP contribution in [0.4, 0.5) is 0 Å². The largest absolute Gasteiger partial charge is 0.302 e. The summed E-state index contributed by atoms with van der Waals surface area (Å²) in [6.45, 7) is 1.17. The molecule has 0 aromatic heterocycles. The lowest BCUT2D eigenvalue weighted by atomic mass is 10.0. The third-order valence-corrected chi connectivity index (χ3v) is 2.42. The average molecular weight is 165 g/mol. The minimum Gasteiger partial charge on any atom is -0.302 e. The van der Waals surface area contributed by atoms with E-state index in [1.54, 1.807) is 0 Å². The minimum atomic E-state index is 0.575. The molecule has 2 heteroatoms. The van der Waals surface area contributed by atoms with Gasteiger partial charge in [0.05, 0.1) is 0 Å². The highest BCUT2D eigenvalue weighted by Crippen LogP contribution is 2.16. The second-order valence-corrected chi connectivity index (χ2v) is 3.27.